The van der Waals surface area contributed by atoms with Crippen molar-refractivity contribution in [3.8, 4) is 0 Å². The molecule has 1 saturated carbocycles. The number of Topliss-reactive ketones (excluding diaryl/α,β-unsaturated/α-hetero) is 1. The Morgan fingerprint density at radius 3 is 2.45 bits per heavy atom. The van der Waals surface area contributed by atoms with E-state index in [-0.39, 0.29) is 23.5 Å². The van der Waals surface area contributed by atoms with Crippen molar-refractivity contribution in [3.05, 3.63) is 102 Å². The summed E-state index contributed by atoms with van der Waals surface area (Å²) in [4.78, 5) is 33.3. The molecule has 1 amide bonds. The first-order valence-electron chi connectivity index (χ1n) is 10.3. The van der Waals surface area contributed by atoms with Crippen LogP contribution in [0.15, 0.2) is 85.5 Å². The van der Waals surface area contributed by atoms with Gasteiger partial charge in [-0.25, -0.2) is 0 Å². The maximum absolute atomic E-state index is 12.8. The number of fused-ring (bicyclic) bond motifs is 1. The maximum Gasteiger partial charge on any atom is 0.255 e. The fourth-order valence-corrected chi connectivity index (χ4v) is 4.01. The number of aromatic nitrogens is 2. The molecule has 4 aromatic rings. The minimum Gasteiger partial charge on any atom is -0.322 e. The van der Waals surface area contributed by atoms with E-state index >= 15 is 0 Å². The number of nitrogens with one attached hydrogen (secondary N) is 1. The molecule has 2 atom stereocenters. The van der Waals surface area contributed by atoms with Gasteiger partial charge in [-0.1, -0.05) is 30.3 Å². The summed E-state index contributed by atoms with van der Waals surface area (Å²) in [7, 11) is 0. The van der Waals surface area contributed by atoms with E-state index in [2.05, 4.69) is 21.4 Å². The molecular formula is C26H21N3O2. The lowest BCUT2D eigenvalue weighted by Gasteiger charge is -2.06. The molecule has 2 unspecified atom stereocenters. The van der Waals surface area contributed by atoms with Gasteiger partial charge in [0.25, 0.3) is 5.91 Å². The number of ketones is 1. The smallest absolute Gasteiger partial charge is 0.255 e. The van der Waals surface area contributed by atoms with E-state index in [0.717, 1.165) is 28.3 Å². The number of anilines is 1. The Hall–Kier alpha value is -3.86. The zero-order chi connectivity index (χ0) is 21.2. The third-order valence-corrected chi connectivity index (χ3v) is 5.83. The summed E-state index contributed by atoms with van der Waals surface area (Å²) in [5, 5.41) is 5.04. The first-order valence-corrected chi connectivity index (χ1v) is 10.3. The van der Waals surface area contributed by atoms with Crippen LogP contribution < -0.4 is 5.32 Å². The highest BCUT2D eigenvalue weighted by atomic mass is 16.1. The number of nitrogens with zero attached hydrogens (tertiary/aromatic N) is 2. The molecular weight excluding hydrogens is 386 g/mol. The van der Waals surface area contributed by atoms with E-state index in [1.54, 1.807) is 30.7 Å². The van der Waals surface area contributed by atoms with Crippen molar-refractivity contribution in [1.29, 1.82) is 0 Å². The van der Waals surface area contributed by atoms with Gasteiger partial charge in [-0.05, 0) is 59.2 Å². The van der Waals surface area contributed by atoms with Gasteiger partial charge in [0.05, 0.1) is 0 Å². The van der Waals surface area contributed by atoms with Gasteiger partial charge in [0, 0.05) is 53.8 Å². The van der Waals surface area contributed by atoms with Crippen LogP contribution in [-0.4, -0.2) is 21.7 Å². The van der Waals surface area contributed by atoms with Crippen LogP contribution in [0.5, 0.6) is 0 Å². The van der Waals surface area contributed by atoms with Gasteiger partial charge >= 0.3 is 0 Å². The summed E-state index contributed by atoms with van der Waals surface area (Å²) in [5.41, 5.74) is 3.46. The van der Waals surface area contributed by atoms with Gasteiger partial charge in [0.15, 0.2) is 0 Å². The zero-order valence-corrected chi connectivity index (χ0v) is 16.9. The second-order valence-corrected chi connectivity index (χ2v) is 7.96. The maximum atomic E-state index is 12.8. The lowest BCUT2D eigenvalue weighted by atomic mass is 10.00. The molecule has 5 rings (SSSR count). The molecule has 1 aliphatic carbocycles. The Labute approximate surface area is 180 Å². The normalized spacial score (nSPS) is 17.3. The molecule has 152 valence electrons. The number of hydrogen-bond acceptors (Lipinski definition) is 4. The molecule has 2 aromatic carbocycles. The number of carbonyl (C=O) groups excluding carboxylic acids is 2. The van der Waals surface area contributed by atoms with Gasteiger partial charge in [0.1, 0.15) is 5.78 Å². The van der Waals surface area contributed by atoms with Gasteiger partial charge in [-0.2, -0.15) is 0 Å². The van der Waals surface area contributed by atoms with Crippen molar-refractivity contribution in [2.75, 3.05) is 5.32 Å². The van der Waals surface area contributed by atoms with Crippen LogP contribution in [-0.2, 0) is 11.2 Å². The average molecular weight is 407 g/mol. The molecule has 2 heterocycles. The minimum atomic E-state index is -0.160. The highest BCUT2D eigenvalue weighted by Gasteiger charge is 2.43. The topological polar surface area (TPSA) is 72.0 Å². The van der Waals surface area contributed by atoms with Crippen molar-refractivity contribution in [2.24, 2.45) is 5.92 Å². The highest BCUT2D eigenvalue weighted by Crippen LogP contribution is 2.48. The molecule has 0 bridgehead atoms. The van der Waals surface area contributed by atoms with Crippen LogP contribution in [0.2, 0.25) is 0 Å². The van der Waals surface area contributed by atoms with Crippen LogP contribution in [0.3, 0.4) is 0 Å². The molecule has 1 aliphatic rings. The first-order chi connectivity index (χ1) is 15.2. The van der Waals surface area contributed by atoms with Gasteiger partial charge in [-0.15, -0.1) is 0 Å². The van der Waals surface area contributed by atoms with Crippen LogP contribution in [0.4, 0.5) is 5.69 Å². The molecule has 31 heavy (non-hydrogen) atoms. The summed E-state index contributed by atoms with van der Waals surface area (Å²) >= 11 is 0. The van der Waals surface area contributed by atoms with E-state index < -0.39 is 0 Å². The second kappa shape index (κ2) is 8.11. The van der Waals surface area contributed by atoms with E-state index in [1.807, 2.05) is 48.7 Å². The van der Waals surface area contributed by atoms with Crippen LogP contribution in [0.25, 0.3) is 10.8 Å². The van der Waals surface area contributed by atoms with Crippen LogP contribution >= 0.6 is 0 Å². The monoisotopic (exact) mass is 407 g/mol. The van der Waals surface area contributed by atoms with E-state index in [4.69, 9.17) is 0 Å². The Bertz CT molecular complexity index is 1250. The summed E-state index contributed by atoms with van der Waals surface area (Å²) in [6.45, 7) is 0. The number of carbonyl (C=O) groups is 2. The first kappa shape index (κ1) is 19.1. The van der Waals surface area contributed by atoms with E-state index in [1.165, 1.54) is 0 Å². The molecule has 0 radical (unpaired) electrons. The molecule has 0 spiro atoms. The van der Waals surface area contributed by atoms with E-state index in [9.17, 15) is 9.59 Å². The Morgan fingerprint density at radius 1 is 0.871 bits per heavy atom. The Balaban J connectivity index is 1.21. The number of rotatable bonds is 6. The predicted molar refractivity (Wildman–Crippen MR) is 120 cm³/mol. The van der Waals surface area contributed by atoms with Gasteiger partial charge < -0.3 is 5.32 Å². The summed E-state index contributed by atoms with van der Waals surface area (Å²) < 4.78 is 0. The lowest BCUT2D eigenvalue weighted by molar-refractivity contribution is -0.119. The number of benzene rings is 2. The Kier molecular flexibility index (Phi) is 5.00. The molecule has 5 nitrogen and oxygen atoms in total. The second-order valence-electron chi connectivity index (χ2n) is 7.96. The third kappa shape index (κ3) is 4.21. The van der Waals surface area contributed by atoms with E-state index in [0.29, 0.717) is 17.7 Å². The lowest BCUT2D eigenvalue weighted by Crippen LogP contribution is -2.11. The van der Waals surface area contributed by atoms with Crippen molar-refractivity contribution >= 4 is 28.2 Å². The number of pyridine rings is 2. The fraction of sp³-hybridized carbons (Fsp3) is 0.154. The third-order valence-electron chi connectivity index (χ3n) is 5.83. The highest BCUT2D eigenvalue weighted by molar-refractivity contribution is 6.04. The van der Waals surface area contributed by atoms with Crippen LogP contribution in [0, 0.1) is 5.92 Å². The summed E-state index contributed by atoms with van der Waals surface area (Å²) in [6.07, 6.45) is 8.20. The summed E-state index contributed by atoms with van der Waals surface area (Å²) in [5.74, 6) is 0.421. The SMILES string of the molecule is O=C(Nc1ccncc1)c1ccc(C2CC2C(=O)Cc2ccc3cnccc3c2)cc1. The van der Waals surface area contributed by atoms with Gasteiger partial charge in [-0.3, -0.25) is 19.6 Å². The molecule has 1 N–H and O–H groups in total. The van der Waals surface area contributed by atoms with Gasteiger partial charge in [0.2, 0.25) is 0 Å². The zero-order valence-electron chi connectivity index (χ0n) is 16.9. The Morgan fingerprint density at radius 2 is 1.65 bits per heavy atom. The van der Waals surface area contributed by atoms with Crippen molar-refractivity contribution in [1.82, 2.24) is 9.97 Å². The average Bonchev–Trinajstić information content (AvgIpc) is 3.61. The number of hydrogen-bond donors (Lipinski definition) is 1. The standard InChI is InChI=1S/C26H21N3O2/c30-25(14-17-1-2-21-16-28-10-7-20(21)13-17)24-15-23(24)18-3-5-19(6-4-18)26(31)29-22-8-11-27-12-9-22/h1-13,16,23-24H,14-15H2,(H,27,29,31). The number of amides is 1. The molecule has 5 heteroatoms. The fourth-order valence-electron chi connectivity index (χ4n) is 4.01. The quantitative estimate of drug-likeness (QED) is 0.498. The summed E-state index contributed by atoms with van der Waals surface area (Å²) in [6, 6.07) is 19.1. The minimum absolute atomic E-state index is 0.0598. The molecule has 0 aliphatic heterocycles. The molecule has 2 aromatic heterocycles. The largest absolute Gasteiger partial charge is 0.322 e. The van der Waals surface area contributed by atoms with Crippen molar-refractivity contribution in [2.45, 2.75) is 18.8 Å². The van der Waals surface area contributed by atoms with Crippen molar-refractivity contribution in [3.63, 3.8) is 0 Å². The predicted octanol–water partition coefficient (Wildman–Crippen LogP) is 4.80. The van der Waals surface area contributed by atoms with Crippen LogP contribution in [0.1, 0.15) is 33.8 Å². The molecule has 0 saturated heterocycles. The van der Waals surface area contributed by atoms with Crippen molar-refractivity contribution < 1.29 is 9.59 Å². The molecule has 1 fully saturated rings.